The van der Waals surface area contributed by atoms with Gasteiger partial charge in [-0.1, -0.05) is 42.5 Å². The molecule has 0 saturated heterocycles. The van der Waals surface area contributed by atoms with Crippen LogP contribution in [0.4, 0.5) is 35.1 Å². The summed E-state index contributed by atoms with van der Waals surface area (Å²) in [4.78, 5) is 0.914. The quantitative estimate of drug-likeness (QED) is 0.0907. The van der Waals surface area contributed by atoms with Gasteiger partial charge in [-0.3, -0.25) is 5.41 Å². The Labute approximate surface area is 240 Å². The highest BCUT2D eigenvalue weighted by molar-refractivity contribution is 5.78. The molecule has 0 aliphatic carbocycles. The van der Waals surface area contributed by atoms with Crippen LogP contribution in [0, 0.1) is 10.9 Å². The molecule has 2 N–H and O–H groups in total. The second-order valence-electron chi connectivity index (χ2n) is 9.33. The Morgan fingerprint density at radius 1 is 0.744 bits per heavy atom. The van der Waals surface area contributed by atoms with Gasteiger partial charge in [0.2, 0.25) is 5.96 Å². The Bertz CT molecular complexity index is 1600. The Morgan fingerprint density at radius 3 is 2.02 bits per heavy atom. The molecule has 5 nitrogen and oxygen atoms in total. The Hall–Kier alpha value is -4.81. The van der Waals surface area contributed by atoms with E-state index in [0.717, 1.165) is 23.1 Å². The van der Waals surface area contributed by atoms with Crippen LogP contribution in [0.5, 0.6) is 11.5 Å². The standard InChI is InChI=1S/C30H22F8N4O/c31-27(32)19-12-18(13-22(14-19)30(36,37)38)16-42(28(39)41-40)17-20-15-21(29(33,34)35)10-11-24(20)25-8-4-5-9-26(25)43-23-6-2-1-3-7-23/h1-15,27,39-40H,16-17H2. The van der Waals surface area contributed by atoms with Gasteiger partial charge in [0.15, 0.2) is 0 Å². The van der Waals surface area contributed by atoms with Gasteiger partial charge in [0.1, 0.15) is 11.5 Å². The number of para-hydroxylation sites is 2. The van der Waals surface area contributed by atoms with Crippen molar-refractivity contribution >= 4 is 5.96 Å². The highest BCUT2D eigenvalue weighted by Crippen LogP contribution is 2.39. The maximum Gasteiger partial charge on any atom is 0.416 e. The molecule has 0 saturated carbocycles. The molecule has 43 heavy (non-hydrogen) atoms. The van der Waals surface area contributed by atoms with Gasteiger partial charge >= 0.3 is 12.4 Å². The minimum Gasteiger partial charge on any atom is -0.457 e. The predicted molar refractivity (Wildman–Crippen MR) is 142 cm³/mol. The van der Waals surface area contributed by atoms with Crippen molar-refractivity contribution in [3.8, 4) is 22.6 Å². The summed E-state index contributed by atoms with van der Waals surface area (Å²) in [6.45, 7) is -1.18. The lowest BCUT2D eigenvalue weighted by Crippen LogP contribution is -2.28. The third-order valence-electron chi connectivity index (χ3n) is 6.32. The SMILES string of the molecule is N=NC(=N)N(Cc1cc(C(F)F)cc(C(F)(F)F)c1)Cc1cc(C(F)(F)F)ccc1-c1ccccc1Oc1ccccc1. The number of nitrogens with one attached hydrogen (secondary N) is 2. The minimum absolute atomic E-state index is 0.0339. The first-order chi connectivity index (χ1) is 20.3. The largest absolute Gasteiger partial charge is 0.457 e. The van der Waals surface area contributed by atoms with Crippen molar-refractivity contribution in [2.24, 2.45) is 5.11 Å². The van der Waals surface area contributed by atoms with Crippen LogP contribution in [0.2, 0.25) is 0 Å². The molecule has 0 amide bonds. The first-order valence-corrected chi connectivity index (χ1v) is 12.5. The van der Waals surface area contributed by atoms with E-state index in [1.54, 1.807) is 54.6 Å². The third-order valence-corrected chi connectivity index (χ3v) is 6.32. The van der Waals surface area contributed by atoms with E-state index in [9.17, 15) is 35.1 Å². The number of guanidine groups is 1. The smallest absolute Gasteiger partial charge is 0.416 e. The summed E-state index contributed by atoms with van der Waals surface area (Å²) in [5.41, 5.74) is 4.23. The van der Waals surface area contributed by atoms with E-state index in [0.29, 0.717) is 23.4 Å². The fourth-order valence-electron chi connectivity index (χ4n) is 4.36. The Balaban J connectivity index is 1.81. The molecular formula is C30H22F8N4O. The molecule has 0 unspecified atom stereocenters. The van der Waals surface area contributed by atoms with Crippen molar-refractivity contribution in [3.63, 3.8) is 0 Å². The van der Waals surface area contributed by atoms with Gasteiger partial charge in [0.25, 0.3) is 6.43 Å². The van der Waals surface area contributed by atoms with E-state index in [-0.39, 0.29) is 22.4 Å². The number of hydrogen-bond donors (Lipinski definition) is 2. The molecule has 0 aliphatic rings. The molecule has 0 atom stereocenters. The summed E-state index contributed by atoms with van der Waals surface area (Å²) in [5, 5.41) is 11.1. The van der Waals surface area contributed by atoms with E-state index in [4.69, 9.17) is 15.7 Å². The topological polar surface area (TPSA) is 72.5 Å². The fraction of sp³-hybridized carbons (Fsp3) is 0.167. The van der Waals surface area contributed by atoms with E-state index < -0.39 is 54.5 Å². The van der Waals surface area contributed by atoms with E-state index >= 15 is 0 Å². The number of benzene rings is 4. The van der Waals surface area contributed by atoms with E-state index in [1.165, 1.54) is 6.07 Å². The zero-order chi connectivity index (χ0) is 31.4. The van der Waals surface area contributed by atoms with Gasteiger partial charge < -0.3 is 9.64 Å². The van der Waals surface area contributed by atoms with E-state index in [1.807, 2.05) is 0 Å². The number of hydrogen-bond acceptors (Lipinski definition) is 3. The van der Waals surface area contributed by atoms with Crippen molar-refractivity contribution < 1.29 is 39.9 Å². The Morgan fingerprint density at radius 2 is 1.40 bits per heavy atom. The normalized spacial score (nSPS) is 11.8. The maximum absolute atomic E-state index is 13.7. The number of alkyl halides is 8. The molecule has 4 rings (SSSR count). The maximum atomic E-state index is 13.7. The van der Waals surface area contributed by atoms with Crippen molar-refractivity contribution in [3.05, 3.63) is 119 Å². The average Bonchev–Trinajstić information content (AvgIpc) is 2.96. The number of rotatable bonds is 8. The highest BCUT2D eigenvalue weighted by Gasteiger charge is 2.33. The molecule has 13 heteroatoms. The van der Waals surface area contributed by atoms with Crippen LogP contribution in [0.15, 0.2) is 96.1 Å². The van der Waals surface area contributed by atoms with Crippen LogP contribution in [-0.4, -0.2) is 10.9 Å². The summed E-state index contributed by atoms with van der Waals surface area (Å²) in [6.07, 6.45) is -13.0. The molecule has 0 heterocycles. The van der Waals surface area contributed by atoms with Crippen LogP contribution in [0.25, 0.3) is 11.1 Å². The van der Waals surface area contributed by atoms with Gasteiger partial charge in [-0.15, -0.1) is 5.11 Å². The Kier molecular flexibility index (Phi) is 9.12. The summed E-state index contributed by atoms with van der Waals surface area (Å²) in [5.74, 6) is -0.0895. The van der Waals surface area contributed by atoms with Gasteiger partial charge in [0.05, 0.1) is 11.1 Å². The van der Waals surface area contributed by atoms with Crippen LogP contribution < -0.4 is 4.74 Å². The second-order valence-corrected chi connectivity index (χ2v) is 9.33. The molecule has 4 aromatic carbocycles. The van der Waals surface area contributed by atoms with Crippen molar-refractivity contribution in [2.45, 2.75) is 31.9 Å². The molecular weight excluding hydrogens is 584 g/mol. The summed E-state index contributed by atoms with van der Waals surface area (Å²) >= 11 is 0. The number of halogens is 8. The minimum atomic E-state index is -4.96. The molecule has 4 aromatic rings. The summed E-state index contributed by atoms with van der Waals surface area (Å²) in [6, 6.07) is 19.6. The first kappa shape index (κ1) is 31.1. The van der Waals surface area contributed by atoms with Crippen molar-refractivity contribution in [1.82, 2.24) is 4.90 Å². The molecule has 0 spiro atoms. The number of nitrogens with zero attached hydrogens (tertiary/aromatic N) is 2. The van der Waals surface area contributed by atoms with Gasteiger partial charge in [-0.2, -0.15) is 26.3 Å². The highest BCUT2D eigenvalue weighted by atomic mass is 19.4. The molecule has 0 fully saturated rings. The molecule has 0 aliphatic heterocycles. The van der Waals surface area contributed by atoms with Crippen LogP contribution in [0.3, 0.4) is 0 Å². The summed E-state index contributed by atoms with van der Waals surface area (Å²) in [7, 11) is 0. The lowest BCUT2D eigenvalue weighted by atomic mass is 9.95. The predicted octanol–water partition coefficient (Wildman–Crippen LogP) is 10.1. The fourth-order valence-corrected chi connectivity index (χ4v) is 4.36. The van der Waals surface area contributed by atoms with Gasteiger partial charge in [-0.05, 0) is 65.2 Å². The van der Waals surface area contributed by atoms with Crippen molar-refractivity contribution in [1.29, 1.82) is 10.9 Å². The molecule has 0 radical (unpaired) electrons. The zero-order valence-corrected chi connectivity index (χ0v) is 22.0. The second kappa shape index (κ2) is 12.6. The zero-order valence-electron chi connectivity index (χ0n) is 22.0. The van der Waals surface area contributed by atoms with Crippen molar-refractivity contribution in [2.75, 3.05) is 0 Å². The molecule has 0 aromatic heterocycles. The first-order valence-electron chi connectivity index (χ1n) is 12.5. The number of ether oxygens (including phenoxy) is 1. The van der Waals surface area contributed by atoms with E-state index in [2.05, 4.69) is 5.11 Å². The van der Waals surface area contributed by atoms with Gasteiger partial charge in [-0.25, -0.2) is 14.3 Å². The van der Waals surface area contributed by atoms with Crippen LogP contribution >= 0.6 is 0 Å². The van der Waals surface area contributed by atoms with Crippen LogP contribution in [0.1, 0.15) is 34.2 Å². The molecule has 0 bridgehead atoms. The lowest BCUT2D eigenvalue weighted by Gasteiger charge is -2.25. The lowest BCUT2D eigenvalue weighted by molar-refractivity contribution is -0.138. The molecule has 224 valence electrons. The summed E-state index contributed by atoms with van der Waals surface area (Å²) < 4.78 is 114. The van der Waals surface area contributed by atoms with Crippen LogP contribution in [-0.2, 0) is 25.4 Å². The average molecular weight is 607 g/mol. The third kappa shape index (κ3) is 7.73. The monoisotopic (exact) mass is 606 g/mol. The van der Waals surface area contributed by atoms with Gasteiger partial charge in [0, 0.05) is 24.2 Å².